The quantitative estimate of drug-likeness (QED) is 0.696. The van der Waals surface area contributed by atoms with Crippen molar-refractivity contribution in [1.29, 1.82) is 0 Å². The average Bonchev–Trinajstić information content (AvgIpc) is 3.19. The molecule has 0 spiro atoms. The molecule has 0 bridgehead atoms. The van der Waals surface area contributed by atoms with Crippen molar-refractivity contribution in [2.45, 2.75) is 36.9 Å². The second-order valence-corrected chi connectivity index (χ2v) is 7.75. The number of halogens is 5. The first-order valence-electron chi connectivity index (χ1n) is 10.0. The average molecular weight is 457 g/mol. The first kappa shape index (κ1) is 22.3. The molecule has 0 radical (unpaired) electrons. The minimum atomic E-state index is -4.70. The van der Waals surface area contributed by atoms with Gasteiger partial charge in [0.05, 0.1) is 6.04 Å². The van der Waals surface area contributed by atoms with Gasteiger partial charge in [0.2, 0.25) is 17.6 Å². The Balaban J connectivity index is 1.50. The van der Waals surface area contributed by atoms with Crippen LogP contribution >= 0.6 is 0 Å². The van der Waals surface area contributed by atoms with E-state index in [4.69, 9.17) is 4.74 Å². The largest absolute Gasteiger partial charge is 0.476 e. The van der Waals surface area contributed by atoms with Gasteiger partial charge in [-0.05, 0) is 6.07 Å². The van der Waals surface area contributed by atoms with Gasteiger partial charge in [-0.25, -0.2) is 23.7 Å². The Bertz CT molecular complexity index is 960. The molecular weight excluding hydrogens is 437 g/mol. The zero-order valence-corrected chi connectivity index (χ0v) is 16.8. The second-order valence-electron chi connectivity index (χ2n) is 7.75. The number of pyridine rings is 1. The molecule has 2 aliphatic rings. The van der Waals surface area contributed by atoms with E-state index < -0.39 is 29.9 Å². The summed E-state index contributed by atoms with van der Waals surface area (Å²) in [6.07, 6.45) is -1.86. The van der Waals surface area contributed by atoms with Crippen LogP contribution in [0.1, 0.15) is 41.8 Å². The molecule has 0 aliphatic carbocycles. The molecule has 7 nitrogen and oxygen atoms in total. The smallest absolute Gasteiger partial charge is 0.451 e. The van der Waals surface area contributed by atoms with Gasteiger partial charge in [-0.15, -0.1) is 0 Å². The first-order chi connectivity index (χ1) is 15.1. The number of carbonyl (C=O) groups is 1. The van der Waals surface area contributed by atoms with Gasteiger partial charge in [0.15, 0.2) is 0 Å². The van der Waals surface area contributed by atoms with Crippen molar-refractivity contribution >= 4 is 5.91 Å². The fourth-order valence-corrected chi connectivity index (χ4v) is 3.86. The molecule has 2 aromatic rings. The van der Waals surface area contributed by atoms with Crippen molar-refractivity contribution in [1.82, 2.24) is 25.2 Å². The molecule has 4 rings (SSSR count). The highest BCUT2D eigenvalue weighted by molar-refractivity contribution is 5.85. The third kappa shape index (κ3) is 4.79. The van der Waals surface area contributed by atoms with Crippen LogP contribution in [0.25, 0.3) is 0 Å². The fraction of sp³-hybridized carbons (Fsp3) is 0.500. The van der Waals surface area contributed by atoms with Crippen LogP contribution in [-0.4, -0.2) is 57.9 Å². The number of fused-ring (bicyclic) bond motifs is 1. The van der Waals surface area contributed by atoms with Crippen molar-refractivity contribution in [2.24, 2.45) is 0 Å². The van der Waals surface area contributed by atoms with Gasteiger partial charge in [0.1, 0.15) is 12.5 Å². The summed E-state index contributed by atoms with van der Waals surface area (Å²) in [5.74, 6) is -4.65. The highest BCUT2D eigenvalue weighted by Crippen LogP contribution is 2.34. The highest BCUT2D eigenvalue weighted by Gasteiger charge is 2.39. The normalized spacial score (nSPS) is 21.5. The monoisotopic (exact) mass is 457 g/mol. The number of carbonyl (C=O) groups excluding carboxylic acids is 1. The summed E-state index contributed by atoms with van der Waals surface area (Å²) >= 11 is 0. The predicted octanol–water partition coefficient (Wildman–Crippen LogP) is 2.96. The fourth-order valence-electron chi connectivity index (χ4n) is 3.86. The van der Waals surface area contributed by atoms with E-state index in [0.29, 0.717) is 17.0 Å². The summed E-state index contributed by atoms with van der Waals surface area (Å²) in [6.45, 7) is 0.148. The Morgan fingerprint density at radius 2 is 1.91 bits per heavy atom. The molecule has 1 amide bonds. The van der Waals surface area contributed by atoms with E-state index in [-0.39, 0.29) is 45.0 Å². The van der Waals surface area contributed by atoms with Crippen LogP contribution in [0.15, 0.2) is 30.7 Å². The van der Waals surface area contributed by atoms with E-state index in [1.54, 1.807) is 23.2 Å². The van der Waals surface area contributed by atoms with Gasteiger partial charge in [-0.3, -0.25) is 9.69 Å². The summed E-state index contributed by atoms with van der Waals surface area (Å²) in [7, 11) is 0. The number of likely N-dealkylation sites (tertiary alicyclic amines) is 1. The molecular formula is C20H20F5N5O2. The predicted molar refractivity (Wildman–Crippen MR) is 101 cm³/mol. The molecule has 1 N–H and O–H groups in total. The van der Waals surface area contributed by atoms with Crippen LogP contribution in [0.4, 0.5) is 22.0 Å². The topological polar surface area (TPSA) is 80.2 Å². The third-order valence-corrected chi connectivity index (χ3v) is 5.63. The number of hydrogen-bond acceptors (Lipinski definition) is 6. The molecule has 1 fully saturated rings. The summed E-state index contributed by atoms with van der Waals surface area (Å²) in [5, 5.41) is 2.77. The molecule has 2 aliphatic heterocycles. The summed E-state index contributed by atoms with van der Waals surface area (Å²) in [4.78, 5) is 25.3. The lowest BCUT2D eigenvalue weighted by Gasteiger charge is -2.37. The summed E-state index contributed by atoms with van der Waals surface area (Å²) in [5.41, 5.74) is 0.935. The zero-order valence-electron chi connectivity index (χ0n) is 16.8. The Morgan fingerprint density at radius 1 is 1.22 bits per heavy atom. The molecule has 172 valence electrons. The van der Waals surface area contributed by atoms with Crippen LogP contribution in [0, 0.1) is 0 Å². The zero-order chi connectivity index (χ0) is 22.9. The lowest BCUT2D eigenvalue weighted by Crippen LogP contribution is -2.45. The second kappa shape index (κ2) is 8.57. The lowest BCUT2D eigenvalue weighted by molar-refractivity contribution is -0.145. The maximum atomic E-state index is 13.6. The Hall–Kier alpha value is -2.89. The van der Waals surface area contributed by atoms with Crippen LogP contribution in [0.2, 0.25) is 0 Å². The number of alkyl halides is 5. The van der Waals surface area contributed by atoms with Crippen molar-refractivity contribution in [3.63, 3.8) is 0 Å². The van der Waals surface area contributed by atoms with Crippen LogP contribution in [-0.2, 0) is 11.0 Å². The maximum Gasteiger partial charge on any atom is 0.451 e. The number of aromatic nitrogens is 3. The minimum absolute atomic E-state index is 0.00871. The lowest BCUT2D eigenvalue weighted by atomic mass is 10.00. The molecule has 0 aromatic carbocycles. The van der Waals surface area contributed by atoms with E-state index in [0.717, 1.165) is 12.4 Å². The van der Waals surface area contributed by atoms with Crippen LogP contribution in [0.3, 0.4) is 0 Å². The van der Waals surface area contributed by atoms with Gasteiger partial charge >= 0.3 is 6.18 Å². The van der Waals surface area contributed by atoms with Gasteiger partial charge in [0, 0.05) is 62.2 Å². The molecule has 4 heterocycles. The molecule has 32 heavy (non-hydrogen) atoms. The molecule has 0 unspecified atom stereocenters. The van der Waals surface area contributed by atoms with Gasteiger partial charge in [-0.2, -0.15) is 13.2 Å². The van der Waals surface area contributed by atoms with E-state index in [9.17, 15) is 26.7 Å². The number of nitrogens with zero attached hydrogens (tertiary/aromatic N) is 4. The van der Waals surface area contributed by atoms with Crippen molar-refractivity contribution in [3.8, 4) is 5.88 Å². The third-order valence-electron chi connectivity index (χ3n) is 5.63. The maximum absolute atomic E-state index is 13.6. The van der Waals surface area contributed by atoms with Crippen LogP contribution in [0.5, 0.6) is 5.88 Å². The number of ether oxygens (including phenoxy) is 1. The number of nitrogens with one attached hydrogen (secondary N) is 1. The summed E-state index contributed by atoms with van der Waals surface area (Å²) < 4.78 is 71.1. The number of hydrogen-bond donors (Lipinski definition) is 1. The Kier molecular flexibility index (Phi) is 5.97. The van der Waals surface area contributed by atoms with E-state index >= 15 is 0 Å². The number of amides is 1. The van der Waals surface area contributed by atoms with E-state index in [2.05, 4.69) is 20.3 Å². The first-order valence-corrected chi connectivity index (χ1v) is 10.0. The van der Waals surface area contributed by atoms with Gasteiger partial charge in [-0.1, -0.05) is 6.07 Å². The molecule has 12 heteroatoms. The Morgan fingerprint density at radius 3 is 2.56 bits per heavy atom. The number of rotatable bonds is 5. The molecule has 0 saturated carbocycles. The molecule has 2 aromatic heterocycles. The minimum Gasteiger partial charge on any atom is -0.476 e. The van der Waals surface area contributed by atoms with Crippen molar-refractivity contribution < 1.29 is 31.5 Å². The van der Waals surface area contributed by atoms with Gasteiger partial charge < -0.3 is 10.1 Å². The molecule has 1 saturated heterocycles. The Labute approximate surface area is 180 Å². The SMILES string of the molecule is O=C(NC[C@H](c1cnc(C(F)(F)F)nc1)N1CCC(F)(F)CC1)[C@H]1COc2ncccc21. The van der Waals surface area contributed by atoms with Crippen molar-refractivity contribution in [3.05, 3.63) is 47.7 Å². The molecule has 2 atom stereocenters. The van der Waals surface area contributed by atoms with Gasteiger partial charge in [0.25, 0.3) is 5.92 Å². The van der Waals surface area contributed by atoms with E-state index in [1.165, 1.54) is 0 Å². The van der Waals surface area contributed by atoms with Crippen molar-refractivity contribution in [2.75, 3.05) is 26.2 Å². The van der Waals surface area contributed by atoms with Crippen LogP contribution < -0.4 is 10.1 Å². The standard InChI is InChI=1S/C20H20F5N5O2/c21-19(22)3-6-30(7-4-19)15(12-8-28-18(29-9-12)20(23,24)25)10-27-16(31)14-11-32-17-13(14)2-1-5-26-17/h1-2,5,8-9,14-15H,3-4,6-7,10-11H2,(H,27,31)/t14-,15+/m0/s1. The number of piperidine rings is 1. The summed E-state index contributed by atoms with van der Waals surface area (Å²) in [6, 6.07) is 2.75. The highest BCUT2D eigenvalue weighted by atomic mass is 19.4. The van der Waals surface area contributed by atoms with E-state index in [1.807, 2.05) is 0 Å².